The van der Waals surface area contributed by atoms with Crippen LogP contribution in [0.2, 0.25) is 0 Å². The molecule has 1 aromatic carbocycles. The highest BCUT2D eigenvalue weighted by molar-refractivity contribution is 8.00. The molecule has 0 aromatic heterocycles. The lowest BCUT2D eigenvalue weighted by atomic mass is 10.2. The SMILES string of the molecule is CCSC1CCCC1NS(=O)(=O)c1ccc(F)c(CN)c1. The van der Waals surface area contributed by atoms with Crippen LogP contribution in [0.5, 0.6) is 0 Å². The monoisotopic (exact) mass is 332 g/mol. The summed E-state index contributed by atoms with van der Waals surface area (Å²) in [6.45, 7) is 2.05. The van der Waals surface area contributed by atoms with Crippen molar-refractivity contribution in [2.24, 2.45) is 5.73 Å². The van der Waals surface area contributed by atoms with Gasteiger partial charge >= 0.3 is 0 Å². The zero-order chi connectivity index (χ0) is 15.5. The maximum atomic E-state index is 13.4. The van der Waals surface area contributed by atoms with Gasteiger partial charge in [0, 0.05) is 23.4 Å². The summed E-state index contributed by atoms with van der Waals surface area (Å²) in [5.41, 5.74) is 5.64. The molecule has 0 amide bonds. The lowest BCUT2D eigenvalue weighted by Crippen LogP contribution is -2.38. The molecule has 7 heteroatoms. The highest BCUT2D eigenvalue weighted by Crippen LogP contribution is 2.31. The van der Waals surface area contributed by atoms with Crippen molar-refractivity contribution in [2.45, 2.75) is 48.9 Å². The summed E-state index contributed by atoms with van der Waals surface area (Å²) in [6.07, 6.45) is 2.91. The van der Waals surface area contributed by atoms with Crippen LogP contribution in [0.15, 0.2) is 23.1 Å². The van der Waals surface area contributed by atoms with Crippen molar-refractivity contribution in [1.82, 2.24) is 4.72 Å². The Morgan fingerprint density at radius 2 is 2.19 bits per heavy atom. The Hall–Kier alpha value is -0.630. The maximum absolute atomic E-state index is 13.4. The average Bonchev–Trinajstić information content (AvgIpc) is 2.86. The Balaban J connectivity index is 2.18. The van der Waals surface area contributed by atoms with E-state index in [2.05, 4.69) is 11.6 Å². The van der Waals surface area contributed by atoms with Gasteiger partial charge in [-0.2, -0.15) is 11.8 Å². The van der Waals surface area contributed by atoms with Gasteiger partial charge < -0.3 is 5.73 Å². The first-order valence-corrected chi connectivity index (χ1v) is 9.63. The van der Waals surface area contributed by atoms with Crippen LogP contribution in [0.4, 0.5) is 4.39 Å². The molecular weight excluding hydrogens is 311 g/mol. The Morgan fingerprint density at radius 3 is 2.86 bits per heavy atom. The molecule has 1 aliphatic carbocycles. The van der Waals surface area contributed by atoms with Crippen LogP contribution in [-0.4, -0.2) is 25.5 Å². The summed E-state index contributed by atoms with van der Waals surface area (Å²) in [7, 11) is -3.63. The smallest absolute Gasteiger partial charge is 0.240 e. The Morgan fingerprint density at radius 1 is 1.43 bits per heavy atom. The first-order valence-electron chi connectivity index (χ1n) is 7.10. The zero-order valence-electron chi connectivity index (χ0n) is 12.0. The van der Waals surface area contributed by atoms with E-state index < -0.39 is 15.8 Å². The van der Waals surface area contributed by atoms with Gasteiger partial charge in [0.2, 0.25) is 10.0 Å². The second-order valence-electron chi connectivity index (χ2n) is 5.11. The van der Waals surface area contributed by atoms with Crippen LogP contribution in [0.3, 0.4) is 0 Å². The molecule has 0 radical (unpaired) electrons. The van der Waals surface area contributed by atoms with Crippen LogP contribution in [0, 0.1) is 5.82 Å². The van der Waals surface area contributed by atoms with Crippen LogP contribution in [0.1, 0.15) is 31.7 Å². The van der Waals surface area contributed by atoms with Crippen molar-refractivity contribution >= 4 is 21.8 Å². The van der Waals surface area contributed by atoms with Crippen molar-refractivity contribution in [2.75, 3.05) is 5.75 Å². The van der Waals surface area contributed by atoms with Crippen molar-refractivity contribution in [3.8, 4) is 0 Å². The first kappa shape index (κ1) is 16.7. The second kappa shape index (κ2) is 7.09. The van der Waals surface area contributed by atoms with Crippen molar-refractivity contribution in [1.29, 1.82) is 0 Å². The molecule has 0 spiro atoms. The van der Waals surface area contributed by atoms with Gasteiger partial charge in [-0.25, -0.2) is 17.5 Å². The van der Waals surface area contributed by atoms with Crippen molar-refractivity contribution in [3.05, 3.63) is 29.6 Å². The molecule has 1 aliphatic rings. The quantitative estimate of drug-likeness (QED) is 0.838. The Labute approximate surface area is 129 Å². The molecule has 0 aliphatic heterocycles. The number of hydrogen-bond donors (Lipinski definition) is 2. The fraction of sp³-hybridized carbons (Fsp3) is 0.571. The maximum Gasteiger partial charge on any atom is 0.240 e. The van der Waals surface area contributed by atoms with E-state index in [0.29, 0.717) is 5.25 Å². The van der Waals surface area contributed by atoms with E-state index >= 15 is 0 Å². The van der Waals surface area contributed by atoms with E-state index in [-0.39, 0.29) is 23.0 Å². The molecule has 3 N–H and O–H groups in total. The first-order chi connectivity index (χ1) is 9.97. The zero-order valence-corrected chi connectivity index (χ0v) is 13.6. The molecule has 2 unspecified atom stereocenters. The molecule has 0 saturated heterocycles. The molecule has 21 heavy (non-hydrogen) atoms. The lowest BCUT2D eigenvalue weighted by molar-refractivity contribution is 0.554. The normalized spacial score (nSPS) is 22.6. The molecule has 1 saturated carbocycles. The van der Waals surface area contributed by atoms with E-state index in [1.54, 1.807) is 11.8 Å². The number of benzene rings is 1. The van der Waals surface area contributed by atoms with Crippen LogP contribution in [0.25, 0.3) is 0 Å². The number of rotatable bonds is 6. The van der Waals surface area contributed by atoms with E-state index in [4.69, 9.17) is 5.73 Å². The molecule has 0 heterocycles. The minimum atomic E-state index is -3.63. The molecule has 0 bridgehead atoms. The third-order valence-electron chi connectivity index (χ3n) is 3.69. The van der Waals surface area contributed by atoms with Crippen molar-refractivity contribution in [3.63, 3.8) is 0 Å². The van der Waals surface area contributed by atoms with Gasteiger partial charge in [0.25, 0.3) is 0 Å². The predicted molar refractivity (Wildman–Crippen MR) is 84.2 cm³/mol. The van der Waals surface area contributed by atoms with Gasteiger partial charge in [0.1, 0.15) is 5.82 Å². The average molecular weight is 332 g/mol. The molecule has 2 atom stereocenters. The number of nitrogens with one attached hydrogen (secondary N) is 1. The van der Waals surface area contributed by atoms with Crippen LogP contribution in [-0.2, 0) is 16.6 Å². The van der Waals surface area contributed by atoms with E-state index in [9.17, 15) is 12.8 Å². The summed E-state index contributed by atoms with van der Waals surface area (Å²) in [5.74, 6) is 0.494. The van der Waals surface area contributed by atoms with Gasteiger partial charge in [-0.1, -0.05) is 13.3 Å². The van der Waals surface area contributed by atoms with Gasteiger partial charge in [-0.3, -0.25) is 0 Å². The number of sulfonamides is 1. The Bertz CT molecular complexity index is 593. The molecule has 118 valence electrons. The number of nitrogens with two attached hydrogens (primary N) is 1. The third-order valence-corrected chi connectivity index (χ3v) is 6.50. The highest BCUT2D eigenvalue weighted by atomic mass is 32.2. The van der Waals surface area contributed by atoms with Crippen LogP contribution < -0.4 is 10.5 Å². The topological polar surface area (TPSA) is 72.2 Å². The van der Waals surface area contributed by atoms with E-state index in [0.717, 1.165) is 31.1 Å². The minimum absolute atomic E-state index is 0.0209. The fourth-order valence-corrected chi connectivity index (χ4v) is 5.26. The third kappa shape index (κ3) is 3.97. The molecule has 1 fully saturated rings. The van der Waals surface area contributed by atoms with Gasteiger partial charge in [-0.15, -0.1) is 0 Å². The number of halogens is 1. The van der Waals surface area contributed by atoms with Gasteiger partial charge in [0.15, 0.2) is 0 Å². The van der Waals surface area contributed by atoms with Gasteiger partial charge in [-0.05, 0) is 36.8 Å². The summed E-state index contributed by atoms with van der Waals surface area (Å²) >= 11 is 1.79. The lowest BCUT2D eigenvalue weighted by Gasteiger charge is -2.20. The molecule has 1 aromatic rings. The number of thioether (sulfide) groups is 1. The fourth-order valence-electron chi connectivity index (χ4n) is 2.62. The molecule has 2 rings (SSSR count). The predicted octanol–water partition coefficient (Wildman–Crippen LogP) is 2.24. The summed E-state index contributed by atoms with van der Waals surface area (Å²) in [5, 5.41) is 0.319. The largest absolute Gasteiger partial charge is 0.326 e. The van der Waals surface area contributed by atoms with Crippen LogP contribution >= 0.6 is 11.8 Å². The summed E-state index contributed by atoms with van der Waals surface area (Å²) < 4.78 is 41.1. The van der Waals surface area contributed by atoms with E-state index in [1.165, 1.54) is 12.1 Å². The summed E-state index contributed by atoms with van der Waals surface area (Å²) in [4.78, 5) is 0.0801. The van der Waals surface area contributed by atoms with Gasteiger partial charge in [0.05, 0.1) is 4.90 Å². The minimum Gasteiger partial charge on any atom is -0.326 e. The molecule has 4 nitrogen and oxygen atoms in total. The summed E-state index contributed by atoms with van der Waals surface area (Å²) in [6, 6.07) is 3.71. The highest BCUT2D eigenvalue weighted by Gasteiger charge is 2.31. The second-order valence-corrected chi connectivity index (χ2v) is 8.34. The molecular formula is C14H21FN2O2S2. The number of hydrogen-bond acceptors (Lipinski definition) is 4. The standard InChI is InChI=1S/C14H21FN2O2S2/c1-2-20-14-5-3-4-13(14)17-21(18,19)11-6-7-12(15)10(8-11)9-16/h6-8,13-14,17H,2-5,9,16H2,1H3. The Kier molecular flexibility index (Phi) is 5.65. The van der Waals surface area contributed by atoms with Crippen molar-refractivity contribution < 1.29 is 12.8 Å². The van der Waals surface area contributed by atoms with E-state index in [1.807, 2.05) is 0 Å².